The van der Waals surface area contributed by atoms with Crippen molar-refractivity contribution in [2.75, 3.05) is 6.61 Å². The van der Waals surface area contributed by atoms with Crippen molar-refractivity contribution in [1.29, 1.82) is 0 Å². The van der Waals surface area contributed by atoms with Gasteiger partial charge in [-0.05, 0) is 36.4 Å². The highest BCUT2D eigenvalue weighted by molar-refractivity contribution is 5.81. The Kier molecular flexibility index (Phi) is 5.38. The van der Waals surface area contributed by atoms with Gasteiger partial charge in [0.1, 0.15) is 28.9 Å². The first-order valence-corrected chi connectivity index (χ1v) is 7.67. The summed E-state index contributed by atoms with van der Waals surface area (Å²) in [5, 5.41) is 3.73. The molecule has 3 rings (SSSR count). The van der Waals surface area contributed by atoms with Gasteiger partial charge in [-0.1, -0.05) is 18.2 Å². The standard InChI is InChI=1S/C19H14F2N2O3/c20-13-4-3-5-14(10-13)25-12-19(24)23-22-11-15-8-9-18(26-15)16-6-1-2-7-17(16)21/h1-11H,12H2,(H,23,24)/b22-11-. The molecule has 0 atom stereocenters. The Bertz CT molecular complexity index is 938. The van der Waals surface area contributed by atoms with E-state index in [1.807, 2.05) is 0 Å². The van der Waals surface area contributed by atoms with Gasteiger partial charge in [0.15, 0.2) is 6.61 Å². The van der Waals surface area contributed by atoms with E-state index in [4.69, 9.17) is 9.15 Å². The average molecular weight is 356 g/mol. The quantitative estimate of drug-likeness (QED) is 0.540. The number of hydrazone groups is 1. The first kappa shape index (κ1) is 17.3. The SMILES string of the molecule is O=C(COc1cccc(F)c1)N/N=C\c1ccc(-c2ccccc2F)o1. The van der Waals surface area contributed by atoms with Crippen molar-refractivity contribution in [3.63, 3.8) is 0 Å². The molecule has 26 heavy (non-hydrogen) atoms. The van der Waals surface area contributed by atoms with Gasteiger partial charge >= 0.3 is 0 Å². The van der Waals surface area contributed by atoms with Crippen LogP contribution >= 0.6 is 0 Å². The topological polar surface area (TPSA) is 63.8 Å². The molecular formula is C19H14F2N2O3. The van der Waals surface area contributed by atoms with Crippen molar-refractivity contribution in [3.05, 3.63) is 78.1 Å². The molecule has 0 aliphatic heterocycles. The second-order valence-corrected chi connectivity index (χ2v) is 5.22. The zero-order chi connectivity index (χ0) is 18.4. The number of benzene rings is 2. The number of nitrogens with zero attached hydrogens (tertiary/aromatic N) is 1. The average Bonchev–Trinajstić information content (AvgIpc) is 3.09. The predicted octanol–water partition coefficient (Wildman–Crippen LogP) is 3.75. The number of rotatable bonds is 6. The molecule has 2 aromatic carbocycles. The Balaban J connectivity index is 1.52. The summed E-state index contributed by atoms with van der Waals surface area (Å²) in [6, 6.07) is 14.9. The fourth-order valence-electron chi connectivity index (χ4n) is 2.13. The van der Waals surface area contributed by atoms with Crippen molar-refractivity contribution in [2.24, 2.45) is 5.10 Å². The molecule has 1 aromatic heterocycles. The lowest BCUT2D eigenvalue weighted by Crippen LogP contribution is -2.24. The van der Waals surface area contributed by atoms with Crippen LogP contribution in [0.25, 0.3) is 11.3 Å². The summed E-state index contributed by atoms with van der Waals surface area (Å²) in [6.45, 7) is -0.320. The lowest BCUT2D eigenvalue weighted by molar-refractivity contribution is -0.123. The van der Waals surface area contributed by atoms with E-state index in [2.05, 4.69) is 10.5 Å². The second-order valence-electron chi connectivity index (χ2n) is 5.22. The van der Waals surface area contributed by atoms with Crippen LogP contribution in [0, 0.1) is 11.6 Å². The molecule has 0 spiro atoms. The molecule has 0 fully saturated rings. The minimum atomic E-state index is -0.522. The summed E-state index contributed by atoms with van der Waals surface area (Å²) in [5.41, 5.74) is 2.59. The van der Waals surface area contributed by atoms with Gasteiger partial charge in [0.05, 0.1) is 11.8 Å². The molecule has 5 nitrogen and oxygen atoms in total. The highest BCUT2D eigenvalue weighted by Gasteiger charge is 2.08. The lowest BCUT2D eigenvalue weighted by Gasteiger charge is -2.04. The summed E-state index contributed by atoms with van der Waals surface area (Å²) in [7, 11) is 0. The number of halogens is 2. The molecule has 0 radical (unpaired) electrons. The maximum absolute atomic E-state index is 13.7. The summed E-state index contributed by atoms with van der Waals surface area (Å²) in [5.74, 6) is -0.437. The van der Waals surface area contributed by atoms with Gasteiger partial charge in [-0.2, -0.15) is 5.10 Å². The van der Waals surface area contributed by atoms with Crippen LogP contribution in [-0.2, 0) is 4.79 Å². The normalized spacial score (nSPS) is 10.8. The monoisotopic (exact) mass is 356 g/mol. The van der Waals surface area contributed by atoms with Crippen molar-refractivity contribution in [3.8, 4) is 17.1 Å². The molecule has 0 aliphatic carbocycles. The molecule has 0 saturated carbocycles. The van der Waals surface area contributed by atoms with E-state index in [0.29, 0.717) is 17.1 Å². The minimum Gasteiger partial charge on any atom is -0.484 e. The highest BCUT2D eigenvalue weighted by atomic mass is 19.1. The number of ether oxygens (including phenoxy) is 1. The third kappa shape index (κ3) is 4.54. The maximum atomic E-state index is 13.7. The number of hydrogen-bond acceptors (Lipinski definition) is 4. The van der Waals surface area contributed by atoms with E-state index in [-0.39, 0.29) is 12.4 Å². The van der Waals surface area contributed by atoms with E-state index in [0.717, 1.165) is 0 Å². The molecule has 0 unspecified atom stereocenters. The van der Waals surface area contributed by atoms with Crippen molar-refractivity contribution in [2.45, 2.75) is 0 Å². The van der Waals surface area contributed by atoms with E-state index < -0.39 is 17.5 Å². The fraction of sp³-hybridized carbons (Fsp3) is 0.0526. The number of hydrogen-bond donors (Lipinski definition) is 1. The maximum Gasteiger partial charge on any atom is 0.277 e. The van der Waals surface area contributed by atoms with Crippen molar-refractivity contribution >= 4 is 12.1 Å². The van der Waals surface area contributed by atoms with Crippen LogP contribution in [0.1, 0.15) is 5.76 Å². The largest absolute Gasteiger partial charge is 0.484 e. The van der Waals surface area contributed by atoms with Crippen LogP contribution in [-0.4, -0.2) is 18.7 Å². The van der Waals surface area contributed by atoms with Crippen LogP contribution < -0.4 is 10.2 Å². The van der Waals surface area contributed by atoms with Crippen LogP contribution in [0.5, 0.6) is 5.75 Å². The van der Waals surface area contributed by atoms with E-state index >= 15 is 0 Å². The predicted molar refractivity (Wildman–Crippen MR) is 91.7 cm³/mol. The summed E-state index contributed by atoms with van der Waals surface area (Å²) in [6.07, 6.45) is 1.28. The fourth-order valence-corrected chi connectivity index (χ4v) is 2.13. The van der Waals surface area contributed by atoms with Crippen molar-refractivity contribution in [1.82, 2.24) is 5.43 Å². The van der Waals surface area contributed by atoms with Gasteiger partial charge in [-0.25, -0.2) is 14.2 Å². The molecule has 3 aromatic rings. The Morgan fingerprint density at radius 2 is 1.96 bits per heavy atom. The van der Waals surface area contributed by atoms with Gasteiger partial charge < -0.3 is 9.15 Å². The zero-order valence-electron chi connectivity index (χ0n) is 13.5. The van der Waals surface area contributed by atoms with Crippen LogP contribution in [0.4, 0.5) is 8.78 Å². The lowest BCUT2D eigenvalue weighted by atomic mass is 10.1. The van der Waals surface area contributed by atoms with Gasteiger partial charge in [0.25, 0.3) is 5.91 Å². The van der Waals surface area contributed by atoms with E-state index in [9.17, 15) is 13.6 Å². The summed E-state index contributed by atoms with van der Waals surface area (Å²) >= 11 is 0. The van der Waals surface area contributed by atoms with Crippen LogP contribution in [0.3, 0.4) is 0 Å². The minimum absolute atomic E-state index is 0.240. The molecule has 7 heteroatoms. The second kappa shape index (κ2) is 8.06. The van der Waals surface area contributed by atoms with Crippen LogP contribution in [0.2, 0.25) is 0 Å². The number of nitrogens with one attached hydrogen (secondary N) is 1. The van der Waals surface area contributed by atoms with Gasteiger partial charge in [0, 0.05) is 6.07 Å². The third-order valence-corrected chi connectivity index (χ3v) is 3.31. The Labute approximate surface area is 147 Å². The smallest absolute Gasteiger partial charge is 0.277 e. The van der Waals surface area contributed by atoms with Gasteiger partial charge in [-0.15, -0.1) is 0 Å². The molecule has 132 valence electrons. The number of amides is 1. The highest BCUT2D eigenvalue weighted by Crippen LogP contribution is 2.24. The Hall–Kier alpha value is -3.48. The van der Waals surface area contributed by atoms with Gasteiger partial charge in [-0.3, -0.25) is 4.79 Å². The third-order valence-electron chi connectivity index (χ3n) is 3.31. The summed E-state index contributed by atoms with van der Waals surface area (Å²) < 4.78 is 37.3. The molecule has 0 bridgehead atoms. The first-order chi connectivity index (χ1) is 12.6. The Morgan fingerprint density at radius 3 is 2.77 bits per heavy atom. The first-order valence-electron chi connectivity index (χ1n) is 7.67. The molecule has 1 amide bonds. The number of carbonyl (C=O) groups is 1. The number of carbonyl (C=O) groups excluding carboxylic acids is 1. The van der Waals surface area contributed by atoms with Crippen molar-refractivity contribution < 1.29 is 22.7 Å². The van der Waals surface area contributed by atoms with E-state index in [1.165, 1.54) is 36.5 Å². The van der Waals surface area contributed by atoms with Gasteiger partial charge in [0.2, 0.25) is 0 Å². The Morgan fingerprint density at radius 1 is 1.12 bits per heavy atom. The molecule has 1 N–H and O–H groups in total. The number of furan rings is 1. The van der Waals surface area contributed by atoms with E-state index in [1.54, 1.807) is 30.3 Å². The molecule has 0 aliphatic rings. The summed E-state index contributed by atoms with van der Waals surface area (Å²) in [4.78, 5) is 11.6. The molecular weight excluding hydrogens is 342 g/mol. The zero-order valence-corrected chi connectivity index (χ0v) is 13.5. The van der Waals surface area contributed by atoms with Crippen LogP contribution in [0.15, 0.2) is 70.2 Å². The molecule has 1 heterocycles. The molecule has 0 saturated heterocycles.